The number of thioether (sulfide) groups is 1. The predicted octanol–water partition coefficient (Wildman–Crippen LogP) is 4.87. The van der Waals surface area contributed by atoms with Crippen molar-refractivity contribution in [3.8, 4) is 17.2 Å². The van der Waals surface area contributed by atoms with E-state index < -0.39 is 5.97 Å². The molecule has 0 bridgehead atoms. The number of hydrogen-bond acceptors (Lipinski definition) is 7. The van der Waals surface area contributed by atoms with Gasteiger partial charge in [-0.05, 0) is 77.5 Å². The fourth-order valence-electron chi connectivity index (χ4n) is 3.20. The van der Waals surface area contributed by atoms with E-state index in [9.17, 15) is 9.59 Å². The highest BCUT2D eigenvalue weighted by atomic mass is 32.2. The molecule has 9 heteroatoms. The predicted molar refractivity (Wildman–Crippen MR) is 135 cm³/mol. The first kappa shape index (κ1) is 23.9. The molecule has 35 heavy (non-hydrogen) atoms. The quantitative estimate of drug-likeness (QED) is 0.434. The zero-order chi connectivity index (χ0) is 24.8. The molecule has 4 rings (SSSR count). The average Bonchev–Trinajstić information content (AvgIpc) is 3.21. The van der Waals surface area contributed by atoms with Crippen LogP contribution in [-0.4, -0.2) is 36.4 Å². The van der Waals surface area contributed by atoms with Crippen molar-refractivity contribution in [2.75, 3.05) is 14.2 Å². The van der Waals surface area contributed by atoms with Gasteiger partial charge in [0, 0.05) is 0 Å². The Labute approximate surface area is 206 Å². The second-order valence-electron chi connectivity index (χ2n) is 7.38. The highest BCUT2D eigenvalue weighted by Crippen LogP contribution is 2.33. The number of hydrogen-bond donors (Lipinski definition) is 2. The summed E-state index contributed by atoms with van der Waals surface area (Å²) in [4.78, 5) is 28.4. The van der Waals surface area contributed by atoms with E-state index in [1.807, 2.05) is 18.2 Å². The normalized spacial score (nSPS) is 15.2. The van der Waals surface area contributed by atoms with Crippen molar-refractivity contribution in [3.05, 3.63) is 88.3 Å². The van der Waals surface area contributed by atoms with Crippen molar-refractivity contribution >= 4 is 40.6 Å². The minimum absolute atomic E-state index is 0.217. The van der Waals surface area contributed by atoms with Crippen molar-refractivity contribution in [1.82, 2.24) is 5.32 Å². The molecule has 2 N–H and O–H groups in total. The SMILES string of the molecule is COc1ccc(N=C2NC(=O)/C(=C/c3ccc(OCc4ccc(C(=O)O)cc4)c(OC)c3)S2)cc1. The van der Waals surface area contributed by atoms with Crippen LogP contribution in [0.15, 0.2) is 76.6 Å². The van der Waals surface area contributed by atoms with Crippen LogP contribution in [-0.2, 0) is 11.4 Å². The maximum absolute atomic E-state index is 12.4. The second kappa shape index (κ2) is 10.8. The van der Waals surface area contributed by atoms with E-state index in [4.69, 9.17) is 19.3 Å². The summed E-state index contributed by atoms with van der Waals surface area (Å²) in [6.07, 6.45) is 1.76. The molecule has 1 heterocycles. The number of rotatable bonds is 8. The largest absolute Gasteiger partial charge is 0.497 e. The molecule has 0 unspecified atom stereocenters. The molecule has 0 radical (unpaired) electrons. The van der Waals surface area contributed by atoms with Crippen LogP contribution >= 0.6 is 11.8 Å². The van der Waals surface area contributed by atoms with Gasteiger partial charge in [0.1, 0.15) is 12.4 Å². The maximum Gasteiger partial charge on any atom is 0.335 e. The lowest BCUT2D eigenvalue weighted by Crippen LogP contribution is -2.19. The lowest BCUT2D eigenvalue weighted by atomic mass is 10.1. The summed E-state index contributed by atoms with van der Waals surface area (Å²) in [6.45, 7) is 0.250. The Balaban J connectivity index is 1.45. The molecule has 8 nitrogen and oxygen atoms in total. The van der Waals surface area contributed by atoms with Gasteiger partial charge < -0.3 is 24.6 Å². The van der Waals surface area contributed by atoms with E-state index in [-0.39, 0.29) is 18.1 Å². The van der Waals surface area contributed by atoms with Gasteiger partial charge in [0.2, 0.25) is 0 Å². The van der Waals surface area contributed by atoms with Crippen LogP contribution in [0.5, 0.6) is 17.2 Å². The molecule has 178 valence electrons. The molecule has 3 aromatic carbocycles. The van der Waals surface area contributed by atoms with E-state index in [0.717, 1.165) is 16.9 Å². The van der Waals surface area contributed by atoms with E-state index in [1.165, 1.54) is 31.0 Å². The Kier molecular flexibility index (Phi) is 7.37. The van der Waals surface area contributed by atoms with Gasteiger partial charge in [-0.3, -0.25) is 4.79 Å². The topological polar surface area (TPSA) is 106 Å². The summed E-state index contributed by atoms with van der Waals surface area (Å²) < 4.78 is 16.5. The number of amidine groups is 1. The van der Waals surface area contributed by atoms with Gasteiger partial charge >= 0.3 is 5.97 Å². The fourth-order valence-corrected chi connectivity index (χ4v) is 4.05. The van der Waals surface area contributed by atoms with Crippen molar-refractivity contribution in [2.45, 2.75) is 6.61 Å². The smallest absolute Gasteiger partial charge is 0.335 e. The van der Waals surface area contributed by atoms with Gasteiger partial charge in [-0.1, -0.05) is 18.2 Å². The van der Waals surface area contributed by atoms with Crippen LogP contribution in [0.25, 0.3) is 6.08 Å². The van der Waals surface area contributed by atoms with Gasteiger partial charge in [0.25, 0.3) is 5.91 Å². The van der Waals surface area contributed by atoms with E-state index >= 15 is 0 Å². The van der Waals surface area contributed by atoms with Crippen molar-refractivity contribution in [2.24, 2.45) is 4.99 Å². The molecule has 3 aromatic rings. The Bertz CT molecular complexity index is 1300. The van der Waals surface area contributed by atoms with Crippen molar-refractivity contribution < 1.29 is 28.9 Å². The number of methoxy groups -OCH3 is 2. The Morgan fingerprint density at radius 1 is 1.00 bits per heavy atom. The molecule has 1 aliphatic rings. The van der Waals surface area contributed by atoms with Crippen LogP contribution < -0.4 is 19.5 Å². The summed E-state index contributed by atoms with van der Waals surface area (Å²) in [5.74, 6) is 0.567. The number of nitrogens with zero attached hydrogens (tertiary/aromatic N) is 1. The van der Waals surface area contributed by atoms with Crippen LogP contribution in [0.3, 0.4) is 0 Å². The third kappa shape index (κ3) is 6.01. The number of aromatic carboxylic acids is 1. The summed E-state index contributed by atoms with van der Waals surface area (Å²) in [5, 5.41) is 12.3. The molecule has 0 spiro atoms. The number of carboxylic acid groups (broad SMARTS) is 1. The first-order chi connectivity index (χ1) is 16.9. The number of nitrogens with one attached hydrogen (secondary N) is 1. The summed E-state index contributed by atoms with van der Waals surface area (Å²) >= 11 is 1.25. The molecule has 1 saturated heterocycles. The van der Waals surface area contributed by atoms with Crippen molar-refractivity contribution in [3.63, 3.8) is 0 Å². The molecule has 1 amide bonds. The van der Waals surface area contributed by atoms with Gasteiger partial charge in [-0.25, -0.2) is 9.79 Å². The average molecular weight is 491 g/mol. The van der Waals surface area contributed by atoms with Gasteiger partial charge in [-0.15, -0.1) is 0 Å². The first-order valence-electron chi connectivity index (χ1n) is 10.5. The molecule has 1 aliphatic heterocycles. The second-order valence-corrected chi connectivity index (χ2v) is 8.41. The summed E-state index contributed by atoms with van der Waals surface area (Å²) in [6, 6.07) is 19.1. The van der Waals surface area contributed by atoms with Gasteiger partial charge in [-0.2, -0.15) is 0 Å². The molecule has 0 saturated carbocycles. The Morgan fingerprint density at radius 3 is 2.40 bits per heavy atom. The van der Waals surface area contributed by atoms with Crippen LogP contribution in [0, 0.1) is 0 Å². The minimum atomic E-state index is -0.975. The molecular weight excluding hydrogens is 468 g/mol. The zero-order valence-electron chi connectivity index (χ0n) is 19.0. The Hall–Kier alpha value is -4.24. The molecule has 0 aliphatic carbocycles. The third-order valence-electron chi connectivity index (χ3n) is 5.03. The molecule has 0 atom stereocenters. The molecule has 1 fully saturated rings. The summed E-state index contributed by atoms with van der Waals surface area (Å²) in [7, 11) is 3.14. The fraction of sp³-hybridized carbons (Fsp3) is 0.115. The highest BCUT2D eigenvalue weighted by molar-refractivity contribution is 8.18. The highest BCUT2D eigenvalue weighted by Gasteiger charge is 2.24. The van der Waals surface area contributed by atoms with Crippen molar-refractivity contribution in [1.29, 1.82) is 0 Å². The van der Waals surface area contributed by atoms with Crippen LogP contribution in [0.4, 0.5) is 5.69 Å². The third-order valence-corrected chi connectivity index (χ3v) is 5.94. The lowest BCUT2D eigenvalue weighted by Gasteiger charge is -2.11. The maximum atomic E-state index is 12.4. The lowest BCUT2D eigenvalue weighted by molar-refractivity contribution is -0.115. The number of benzene rings is 3. The number of carbonyl (C=O) groups is 2. The number of aliphatic imine (C=N–C) groups is 1. The minimum Gasteiger partial charge on any atom is -0.497 e. The monoisotopic (exact) mass is 490 g/mol. The van der Waals surface area contributed by atoms with Crippen LogP contribution in [0.1, 0.15) is 21.5 Å². The van der Waals surface area contributed by atoms with E-state index in [0.29, 0.717) is 27.3 Å². The van der Waals surface area contributed by atoms with E-state index in [2.05, 4.69) is 10.3 Å². The standard InChI is InChI=1S/C26H22N2O6S/c1-32-20-10-8-19(9-11-20)27-26-28-24(29)23(35-26)14-17-5-12-21(22(13-17)33-2)34-15-16-3-6-18(7-4-16)25(30)31/h3-14H,15H2,1-2H3,(H,30,31)(H,27,28,29)/b23-14-. The number of carboxylic acids is 1. The number of ether oxygens (including phenoxy) is 3. The van der Waals surface area contributed by atoms with Gasteiger partial charge in [0.05, 0.1) is 30.4 Å². The van der Waals surface area contributed by atoms with E-state index in [1.54, 1.807) is 49.6 Å². The number of carbonyl (C=O) groups excluding carboxylic acids is 1. The first-order valence-corrected chi connectivity index (χ1v) is 11.3. The summed E-state index contributed by atoms with van der Waals surface area (Å²) in [5.41, 5.74) is 2.51. The number of amides is 1. The zero-order valence-corrected chi connectivity index (χ0v) is 19.8. The molecule has 0 aromatic heterocycles. The van der Waals surface area contributed by atoms with Crippen LogP contribution in [0.2, 0.25) is 0 Å². The molecular formula is C26H22N2O6S. The Morgan fingerprint density at radius 2 is 1.74 bits per heavy atom. The van der Waals surface area contributed by atoms with Gasteiger partial charge in [0.15, 0.2) is 16.7 Å².